The number of carbonyl (C=O) groups is 1. The second-order valence-corrected chi connectivity index (χ2v) is 5.08. The van der Waals surface area contributed by atoms with Crippen LogP contribution < -0.4 is 0 Å². The lowest BCUT2D eigenvalue weighted by atomic mass is 9.70. The van der Waals surface area contributed by atoms with E-state index in [4.69, 9.17) is 0 Å². The van der Waals surface area contributed by atoms with Crippen LogP contribution in [0.15, 0.2) is 36.4 Å². The molecule has 0 bridgehead atoms. The van der Waals surface area contributed by atoms with E-state index in [0.29, 0.717) is 12.3 Å². The Balaban J connectivity index is 2.34. The van der Waals surface area contributed by atoms with Crippen molar-refractivity contribution in [3.8, 4) is 0 Å². The largest absolute Gasteiger partial charge is 0.481 e. The highest BCUT2D eigenvalue weighted by atomic mass is 16.4. The first-order valence-electron chi connectivity index (χ1n) is 6.63. The Bertz CT molecular complexity index is 447. The second-order valence-electron chi connectivity index (χ2n) is 5.08. The third kappa shape index (κ3) is 2.33. The lowest BCUT2D eigenvalue weighted by Crippen LogP contribution is -2.30. The van der Waals surface area contributed by atoms with Crippen LogP contribution in [0.3, 0.4) is 0 Å². The predicted octanol–water partition coefficient (Wildman–Crippen LogP) is 3.84. The number of carboxylic acid groups (broad SMARTS) is 1. The average molecular weight is 244 g/mol. The van der Waals surface area contributed by atoms with Gasteiger partial charge in [0.05, 0.1) is 5.92 Å². The molecule has 96 valence electrons. The Morgan fingerprint density at radius 2 is 2.00 bits per heavy atom. The summed E-state index contributed by atoms with van der Waals surface area (Å²) in [6.45, 7) is 4.21. The quantitative estimate of drug-likeness (QED) is 0.877. The zero-order chi connectivity index (χ0) is 13.1. The van der Waals surface area contributed by atoms with Gasteiger partial charge in [0, 0.05) is 0 Å². The normalized spacial score (nSPS) is 27.7. The highest BCUT2D eigenvalue weighted by Crippen LogP contribution is 2.41. The van der Waals surface area contributed by atoms with Gasteiger partial charge in [0.2, 0.25) is 0 Å². The molecule has 1 aromatic rings. The molecule has 0 saturated heterocycles. The molecule has 2 nitrogen and oxygen atoms in total. The molecule has 1 aliphatic rings. The Hall–Kier alpha value is -1.57. The lowest BCUT2D eigenvalue weighted by molar-refractivity contribution is -0.144. The third-order valence-electron chi connectivity index (χ3n) is 4.12. The van der Waals surface area contributed by atoms with E-state index in [2.05, 4.69) is 32.1 Å². The molecule has 0 aliphatic heterocycles. The van der Waals surface area contributed by atoms with Gasteiger partial charge in [-0.1, -0.05) is 50.3 Å². The zero-order valence-electron chi connectivity index (χ0n) is 11.0. The van der Waals surface area contributed by atoms with Gasteiger partial charge in [0.25, 0.3) is 0 Å². The maximum Gasteiger partial charge on any atom is 0.307 e. The monoisotopic (exact) mass is 244 g/mol. The molecule has 2 rings (SSSR count). The molecule has 0 radical (unpaired) electrons. The van der Waals surface area contributed by atoms with E-state index in [-0.39, 0.29) is 11.8 Å². The number of hydrogen-bond acceptors (Lipinski definition) is 1. The summed E-state index contributed by atoms with van der Waals surface area (Å²) in [4.78, 5) is 11.2. The predicted molar refractivity (Wildman–Crippen MR) is 73.1 cm³/mol. The van der Waals surface area contributed by atoms with Gasteiger partial charge in [-0.05, 0) is 35.8 Å². The smallest absolute Gasteiger partial charge is 0.307 e. The number of benzene rings is 1. The van der Waals surface area contributed by atoms with Crippen molar-refractivity contribution in [3.05, 3.63) is 42.0 Å². The summed E-state index contributed by atoms with van der Waals surface area (Å²) in [6, 6.07) is 10.3. The molecule has 0 unspecified atom stereocenters. The fourth-order valence-electron chi connectivity index (χ4n) is 3.06. The van der Waals surface area contributed by atoms with Crippen LogP contribution in [0.5, 0.6) is 0 Å². The van der Waals surface area contributed by atoms with Gasteiger partial charge in [-0.25, -0.2) is 0 Å². The van der Waals surface area contributed by atoms with Crippen LogP contribution in [-0.4, -0.2) is 11.1 Å². The molecule has 0 spiro atoms. The lowest BCUT2D eigenvalue weighted by Gasteiger charge is -2.34. The molecule has 1 aromatic carbocycles. The first kappa shape index (κ1) is 12.9. The molecule has 0 heterocycles. The van der Waals surface area contributed by atoms with Crippen LogP contribution in [0.2, 0.25) is 0 Å². The van der Waals surface area contributed by atoms with Crippen molar-refractivity contribution in [1.82, 2.24) is 0 Å². The molecule has 0 amide bonds. The molecule has 3 atom stereocenters. The van der Waals surface area contributed by atoms with Crippen molar-refractivity contribution in [2.24, 2.45) is 17.8 Å². The van der Waals surface area contributed by atoms with Crippen LogP contribution in [-0.2, 0) is 4.79 Å². The van der Waals surface area contributed by atoms with Crippen LogP contribution in [0, 0.1) is 17.8 Å². The minimum absolute atomic E-state index is 0.202. The molecular formula is C16H20O2. The molecule has 18 heavy (non-hydrogen) atoms. The molecule has 1 N–H and O–H groups in total. The first-order valence-corrected chi connectivity index (χ1v) is 6.63. The zero-order valence-corrected chi connectivity index (χ0v) is 11.0. The van der Waals surface area contributed by atoms with E-state index < -0.39 is 5.97 Å². The maximum atomic E-state index is 11.2. The van der Waals surface area contributed by atoms with E-state index >= 15 is 0 Å². The SMILES string of the molecule is CC[C@H]1C(c2ccccc2)=CC[C@@H](C(=O)O)[C@H]1C. The summed E-state index contributed by atoms with van der Waals surface area (Å²) in [5.41, 5.74) is 2.56. The fraction of sp³-hybridized carbons (Fsp3) is 0.438. The van der Waals surface area contributed by atoms with Crippen molar-refractivity contribution < 1.29 is 9.90 Å². The van der Waals surface area contributed by atoms with E-state index in [1.807, 2.05) is 18.2 Å². The first-order chi connectivity index (χ1) is 8.65. The number of aliphatic carboxylic acids is 1. The van der Waals surface area contributed by atoms with Crippen molar-refractivity contribution in [2.45, 2.75) is 26.7 Å². The fourth-order valence-corrected chi connectivity index (χ4v) is 3.06. The van der Waals surface area contributed by atoms with Gasteiger partial charge in [-0.2, -0.15) is 0 Å². The molecule has 0 fully saturated rings. The number of allylic oxidation sites excluding steroid dienone is 2. The Labute approximate surface area is 108 Å². The molecular weight excluding hydrogens is 224 g/mol. The van der Waals surface area contributed by atoms with Crippen molar-refractivity contribution >= 4 is 11.5 Å². The molecule has 0 saturated carbocycles. The van der Waals surface area contributed by atoms with E-state index in [1.54, 1.807) is 0 Å². The Morgan fingerprint density at radius 3 is 2.56 bits per heavy atom. The standard InChI is InChI=1S/C16H20O2/c1-3-13-11(2)14(16(17)18)9-10-15(13)12-7-5-4-6-8-12/h4-8,10-11,13-14H,3,9H2,1-2H3,(H,17,18)/t11-,13+,14+/m0/s1. The Morgan fingerprint density at radius 1 is 1.33 bits per heavy atom. The highest BCUT2D eigenvalue weighted by Gasteiger charge is 2.34. The summed E-state index contributed by atoms with van der Waals surface area (Å²) >= 11 is 0. The van der Waals surface area contributed by atoms with Crippen molar-refractivity contribution in [3.63, 3.8) is 0 Å². The van der Waals surface area contributed by atoms with Crippen LogP contribution in [0.4, 0.5) is 0 Å². The van der Waals surface area contributed by atoms with E-state index in [1.165, 1.54) is 11.1 Å². The van der Waals surface area contributed by atoms with Crippen molar-refractivity contribution in [2.75, 3.05) is 0 Å². The minimum Gasteiger partial charge on any atom is -0.481 e. The number of rotatable bonds is 3. The van der Waals surface area contributed by atoms with Gasteiger partial charge >= 0.3 is 5.97 Å². The van der Waals surface area contributed by atoms with Crippen molar-refractivity contribution in [1.29, 1.82) is 0 Å². The van der Waals surface area contributed by atoms with Gasteiger partial charge in [0.1, 0.15) is 0 Å². The molecule has 2 heteroatoms. The summed E-state index contributed by atoms with van der Waals surface area (Å²) in [7, 11) is 0. The number of carboxylic acids is 1. The Kier molecular flexibility index (Phi) is 3.85. The van der Waals surface area contributed by atoms with Gasteiger partial charge in [-0.3, -0.25) is 4.79 Å². The summed E-state index contributed by atoms with van der Waals surface area (Å²) in [5, 5.41) is 9.25. The average Bonchev–Trinajstić information content (AvgIpc) is 2.39. The number of hydrogen-bond donors (Lipinski definition) is 1. The minimum atomic E-state index is -0.663. The van der Waals surface area contributed by atoms with Gasteiger partial charge < -0.3 is 5.11 Å². The summed E-state index contributed by atoms with van der Waals surface area (Å²) < 4.78 is 0. The van der Waals surface area contributed by atoms with Gasteiger partial charge in [-0.15, -0.1) is 0 Å². The van der Waals surface area contributed by atoms with Crippen LogP contribution in [0.25, 0.3) is 5.57 Å². The molecule has 1 aliphatic carbocycles. The van der Waals surface area contributed by atoms with Crippen LogP contribution in [0.1, 0.15) is 32.3 Å². The molecule has 0 aromatic heterocycles. The highest BCUT2D eigenvalue weighted by molar-refractivity contribution is 5.75. The van der Waals surface area contributed by atoms with E-state index in [0.717, 1.165) is 6.42 Å². The maximum absolute atomic E-state index is 11.2. The van der Waals surface area contributed by atoms with Crippen LogP contribution >= 0.6 is 0 Å². The summed E-state index contributed by atoms with van der Waals surface area (Å²) in [6.07, 6.45) is 3.77. The van der Waals surface area contributed by atoms with E-state index in [9.17, 15) is 9.90 Å². The summed E-state index contributed by atoms with van der Waals surface area (Å²) in [5.74, 6) is -0.346. The van der Waals surface area contributed by atoms with Gasteiger partial charge in [0.15, 0.2) is 0 Å². The third-order valence-corrected chi connectivity index (χ3v) is 4.12. The topological polar surface area (TPSA) is 37.3 Å². The second kappa shape index (κ2) is 5.38.